The molecular weight excluding hydrogens is 356 g/mol. The molecule has 1 saturated carbocycles. The van der Waals surface area contributed by atoms with Gasteiger partial charge in [0.25, 0.3) is 0 Å². The van der Waals surface area contributed by atoms with Crippen molar-refractivity contribution in [3.63, 3.8) is 0 Å². The number of methoxy groups -OCH3 is 1. The van der Waals surface area contributed by atoms with Gasteiger partial charge in [-0.05, 0) is 50.0 Å². The number of piperidine rings is 1. The summed E-state index contributed by atoms with van der Waals surface area (Å²) >= 11 is 0. The van der Waals surface area contributed by atoms with Crippen LogP contribution in [0.2, 0.25) is 0 Å². The fraction of sp³-hybridized carbons (Fsp3) is 0.591. The lowest BCUT2D eigenvalue weighted by Crippen LogP contribution is -2.45. The quantitative estimate of drug-likeness (QED) is 0.818. The van der Waals surface area contributed by atoms with Gasteiger partial charge < -0.3 is 14.7 Å². The first kappa shape index (κ1) is 19.0. The number of aliphatic imine (C=N–C) groups is 1. The van der Waals surface area contributed by atoms with E-state index in [2.05, 4.69) is 6.07 Å². The third-order valence-corrected chi connectivity index (χ3v) is 6.35. The molecule has 0 bridgehead atoms. The number of carbonyl (C=O) groups excluding carboxylic acids is 1. The van der Waals surface area contributed by atoms with Gasteiger partial charge in [0.15, 0.2) is 0 Å². The van der Waals surface area contributed by atoms with Crippen LogP contribution >= 0.6 is 0 Å². The summed E-state index contributed by atoms with van der Waals surface area (Å²) in [6.07, 6.45) is 4.49. The first-order valence-corrected chi connectivity index (χ1v) is 10.3. The highest BCUT2D eigenvalue weighted by atomic mass is 16.5. The molecule has 3 aliphatic rings. The molecule has 1 aromatic rings. The van der Waals surface area contributed by atoms with Gasteiger partial charge >= 0.3 is 5.97 Å². The standard InChI is InChI=1S/C22H28N2O4/c1-28-20-4-2-3-17-18(20)7-9-23-19(17)11-16-13-24(22(27)14-5-6-14)10-8-15(16)12-21(25)26/h2-4,14-16H,5-13H2,1H3,(H,25,26). The highest BCUT2D eigenvalue weighted by Gasteiger charge is 2.39. The molecule has 0 spiro atoms. The Morgan fingerprint density at radius 1 is 1.25 bits per heavy atom. The topological polar surface area (TPSA) is 79.2 Å². The number of carboxylic acid groups (broad SMARTS) is 1. The van der Waals surface area contributed by atoms with Crippen LogP contribution in [0.5, 0.6) is 5.75 Å². The number of benzene rings is 1. The molecule has 1 saturated heterocycles. The Kier molecular flexibility index (Phi) is 5.38. The Morgan fingerprint density at radius 3 is 2.79 bits per heavy atom. The molecule has 1 N–H and O–H groups in total. The molecule has 0 aromatic heterocycles. The number of aliphatic carboxylic acids is 1. The Balaban J connectivity index is 1.55. The van der Waals surface area contributed by atoms with Crippen molar-refractivity contribution in [1.29, 1.82) is 0 Å². The number of hydrogen-bond acceptors (Lipinski definition) is 4. The number of likely N-dealkylation sites (tertiary alicyclic amines) is 1. The van der Waals surface area contributed by atoms with E-state index >= 15 is 0 Å². The molecule has 2 unspecified atom stereocenters. The third-order valence-electron chi connectivity index (χ3n) is 6.35. The maximum atomic E-state index is 12.6. The zero-order valence-corrected chi connectivity index (χ0v) is 16.4. The first-order valence-electron chi connectivity index (χ1n) is 10.3. The highest BCUT2D eigenvalue weighted by Crippen LogP contribution is 2.37. The Morgan fingerprint density at radius 2 is 2.07 bits per heavy atom. The molecule has 6 nitrogen and oxygen atoms in total. The smallest absolute Gasteiger partial charge is 0.303 e. The summed E-state index contributed by atoms with van der Waals surface area (Å²) in [5.41, 5.74) is 3.33. The van der Waals surface area contributed by atoms with Crippen molar-refractivity contribution >= 4 is 17.6 Å². The summed E-state index contributed by atoms with van der Waals surface area (Å²) in [7, 11) is 1.69. The minimum atomic E-state index is -0.760. The molecule has 1 aromatic carbocycles. The predicted molar refractivity (Wildman–Crippen MR) is 106 cm³/mol. The van der Waals surface area contributed by atoms with Gasteiger partial charge in [-0.25, -0.2) is 0 Å². The van der Waals surface area contributed by atoms with E-state index in [0.29, 0.717) is 19.5 Å². The summed E-state index contributed by atoms with van der Waals surface area (Å²) < 4.78 is 5.52. The van der Waals surface area contributed by atoms with Crippen molar-refractivity contribution in [2.45, 2.75) is 38.5 Å². The largest absolute Gasteiger partial charge is 0.496 e. The van der Waals surface area contributed by atoms with E-state index in [4.69, 9.17) is 9.73 Å². The second-order valence-electron chi connectivity index (χ2n) is 8.23. The fourth-order valence-corrected chi connectivity index (χ4v) is 4.69. The van der Waals surface area contributed by atoms with Gasteiger partial charge in [0, 0.05) is 48.8 Å². The van der Waals surface area contributed by atoms with Gasteiger partial charge in [-0.3, -0.25) is 14.6 Å². The van der Waals surface area contributed by atoms with Crippen molar-refractivity contribution in [1.82, 2.24) is 4.90 Å². The maximum Gasteiger partial charge on any atom is 0.303 e. The van der Waals surface area contributed by atoms with E-state index in [1.807, 2.05) is 17.0 Å². The lowest BCUT2D eigenvalue weighted by atomic mass is 9.78. The van der Waals surface area contributed by atoms with E-state index in [0.717, 1.165) is 49.3 Å². The summed E-state index contributed by atoms with van der Waals surface area (Å²) in [6.45, 7) is 2.05. The predicted octanol–water partition coefficient (Wildman–Crippen LogP) is 2.78. The molecular formula is C22H28N2O4. The van der Waals surface area contributed by atoms with Crippen molar-refractivity contribution in [3.8, 4) is 5.75 Å². The third kappa shape index (κ3) is 3.91. The van der Waals surface area contributed by atoms with E-state index in [1.54, 1.807) is 7.11 Å². The zero-order valence-electron chi connectivity index (χ0n) is 16.4. The molecule has 28 heavy (non-hydrogen) atoms. The minimum absolute atomic E-state index is 0.0828. The van der Waals surface area contributed by atoms with E-state index in [1.165, 1.54) is 5.56 Å². The second-order valence-corrected chi connectivity index (χ2v) is 8.23. The first-order chi connectivity index (χ1) is 13.6. The lowest BCUT2D eigenvalue weighted by molar-refractivity contribution is -0.140. The highest BCUT2D eigenvalue weighted by molar-refractivity contribution is 6.03. The second kappa shape index (κ2) is 7.94. The van der Waals surface area contributed by atoms with Crippen molar-refractivity contribution in [2.75, 3.05) is 26.7 Å². The van der Waals surface area contributed by atoms with Crippen molar-refractivity contribution in [2.24, 2.45) is 22.7 Å². The Bertz CT molecular complexity index is 800. The van der Waals surface area contributed by atoms with Crippen LogP contribution < -0.4 is 4.74 Å². The molecule has 0 radical (unpaired) electrons. The molecule has 1 amide bonds. The van der Waals surface area contributed by atoms with Crippen LogP contribution in [0.4, 0.5) is 0 Å². The molecule has 1 aliphatic carbocycles. The summed E-state index contributed by atoms with van der Waals surface area (Å²) in [5.74, 6) is 0.800. The van der Waals surface area contributed by atoms with Crippen LogP contribution in [0, 0.1) is 17.8 Å². The lowest BCUT2D eigenvalue weighted by Gasteiger charge is -2.39. The number of ether oxygens (including phenoxy) is 1. The van der Waals surface area contributed by atoms with E-state index in [9.17, 15) is 14.7 Å². The summed E-state index contributed by atoms with van der Waals surface area (Å²) in [6, 6.07) is 6.04. The molecule has 2 heterocycles. The molecule has 2 aliphatic heterocycles. The SMILES string of the molecule is COc1cccc2c1CCN=C2CC1CN(C(=O)C2CC2)CCC1CC(=O)O. The number of carbonyl (C=O) groups is 2. The molecule has 4 rings (SSSR count). The Labute approximate surface area is 165 Å². The molecule has 2 fully saturated rings. The van der Waals surface area contributed by atoms with Crippen LogP contribution in [0.3, 0.4) is 0 Å². The van der Waals surface area contributed by atoms with Gasteiger partial charge in [-0.1, -0.05) is 12.1 Å². The van der Waals surface area contributed by atoms with Gasteiger partial charge in [0.1, 0.15) is 5.75 Å². The number of nitrogens with zero attached hydrogens (tertiary/aromatic N) is 2. The van der Waals surface area contributed by atoms with Crippen LogP contribution in [0.15, 0.2) is 23.2 Å². The van der Waals surface area contributed by atoms with E-state index < -0.39 is 5.97 Å². The number of fused-ring (bicyclic) bond motifs is 1. The fourth-order valence-electron chi connectivity index (χ4n) is 4.69. The van der Waals surface area contributed by atoms with Crippen LogP contribution in [0.25, 0.3) is 0 Å². The minimum Gasteiger partial charge on any atom is -0.496 e. The van der Waals surface area contributed by atoms with Gasteiger partial charge in [0.2, 0.25) is 5.91 Å². The molecule has 150 valence electrons. The number of rotatable bonds is 6. The van der Waals surface area contributed by atoms with Crippen LogP contribution in [0.1, 0.15) is 43.2 Å². The summed E-state index contributed by atoms with van der Waals surface area (Å²) in [4.78, 5) is 30.7. The zero-order chi connectivity index (χ0) is 19.7. The van der Waals surface area contributed by atoms with Gasteiger partial charge in [0.05, 0.1) is 7.11 Å². The number of hydrogen-bond donors (Lipinski definition) is 1. The molecule has 6 heteroatoms. The van der Waals surface area contributed by atoms with Crippen molar-refractivity contribution < 1.29 is 19.4 Å². The normalized spacial score (nSPS) is 24.3. The number of amides is 1. The number of carboxylic acids is 1. The monoisotopic (exact) mass is 384 g/mol. The van der Waals surface area contributed by atoms with Gasteiger partial charge in [-0.2, -0.15) is 0 Å². The van der Waals surface area contributed by atoms with E-state index in [-0.39, 0.29) is 30.1 Å². The maximum absolute atomic E-state index is 12.6. The summed E-state index contributed by atoms with van der Waals surface area (Å²) in [5, 5.41) is 9.36. The van der Waals surface area contributed by atoms with Crippen molar-refractivity contribution in [3.05, 3.63) is 29.3 Å². The Hall–Kier alpha value is -2.37. The van der Waals surface area contributed by atoms with Crippen LogP contribution in [-0.4, -0.2) is 54.3 Å². The average Bonchev–Trinajstić information content (AvgIpc) is 3.53. The van der Waals surface area contributed by atoms with Crippen LogP contribution in [-0.2, 0) is 16.0 Å². The average molecular weight is 384 g/mol. The van der Waals surface area contributed by atoms with Gasteiger partial charge in [-0.15, -0.1) is 0 Å². The molecule has 2 atom stereocenters.